The maximum Gasteiger partial charge on any atom is 0.150 e. The number of sulfone groups is 1. The summed E-state index contributed by atoms with van der Waals surface area (Å²) in [5.41, 5.74) is 0.970. The Morgan fingerprint density at radius 1 is 1.27 bits per heavy atom. The lowest BCUT2D eigenvalue weighted by Gasteiger charge is -2.33. The van der Waals surface area contributed by atoms with E-state index < -0.39 is 9.84 Å². The molecule has 2 saturated heterocycles. The Morgan fingerprint density at radius 2 is 2.05 bits per heavy atom. The van der Waals surface area contributed by atoms with Crippen LogP contribution in [0.15, 0.2) is 12.4 Å². The van der Waals surface area contributed by atoms with Gasteiger partial charge in [-0.2, -0.15) is 0 Å². The average Bonchev–Trinajstić information content (AvgIpc) is 2.80. The lowest BCUT2D eigenvalue weighted by Crippen LogP contribution is -2.41. The molecule has 0 spiro atoms. The van der Waals surface area contributed by atoms with Crippen molar-refractivity contribution in [3.63, 3.8) is 0 Å². The Labute approximate surface area is 132 Å². The Balaban J connectivity index is 1.44. The summed E-state index contributed by atoms with van der Waals surface area (Å²) < 4.78 is 23.0. The maximum absolute atomic E-state index is 11.5. The average molecular weight is 324 g/mol. The van der Waals surface area contributed by atoms with Crippen molar-refractivity contribution in [2.75, 3.05) is 36.5 Å². The Kier molecular flexibility index (Phi) is 4.63. The predicted molar refractivity (Wildman–Crippen MR) is 86.6 cm³/mol. The van der Waals surface area contributed by atoms with Crippen molar-refractivity contribution < 1.29 is 8.42 Å². The van der Waals surface area contributed by atoms with Crippen LogP contribution in [0.25, 0.3) is 0 Å². The maximum atomic E-state index is 11.5. The zero-order valence-corrected chi connectivity index (χ0v) is 13.8. The minimum Gasteiger partial charge on any atom is -0.367 e. The highest BCUT2D eigenvalue weighted by Gasteiger charge is 2.30. The number of nitrogens with one attached hydrogen (secondary N) is 1. The molecule has 2 aliphatic rings. The minimum absolute atomic E-state index is 0.332. The van der Waals surface area contributed by atoms with E-state index in [-0.39, 0.29) is 0 Å². The molecule has 0 amide bonds. The van der Waals surface area contributed by atoms with Crippen LogP contribution in [0.1, 0.15) is 25.0 Å². The van der Waals surface area contributed by atoms with Gasteiger partial charge in [-0.25, -0.2) is 18.4 Å². The van der Waals surface area contributed by atoms with Gasteiger partial charge in [0.2, 0.25) is 0 Å². The van der Waals surface area contributed by atoms with Gasteiger partial charge in [0.15, 0.2) is 9.84 Å². The molecule has 3 rings (SSSR count). The number of aromatic nitrogens is 2. The first kappa shape index (κ1) is 15.7. The summed E-state index contributed by atoms with van der Waals surface area (Å²) in [5.74, 6) is 1.99. The van der Waals surface area contributed by atoms with Crippen LogP contribution in [0.5, 0.6) is 0 Å². The number of hydrogen-bond acceptors (Lipinski definition) is 6. The second kappa shape index (κ2) is 6.50. The van der Waals surface area contributed by atoms with Gasteiger partial charge in [-0.05, 0) is 32.1 Å². The fraction of sp³-hybridized carbons (Fsp3) is 0.733. The molecule has 3 heterocycles. The van der Waals surface area contributed by atoms with Gasteiger partial charge in [0.05, 0.1) is 11.5 Å². The van der Waals surface area contributed by atoms with Crippen molar-refractivity contribution in [3.05, 3.63) is 18.1 Å². The summed E-state index contributed by atoms with van der Waals surface area (Å²) in [4.78, 5) is 10.8. The Hall–Kier alpha value is -1.21. The number of rotatable bonds is 4. The standard InChI is InChI=1S/C15H24N4O2S/c1-12-8-15(17-11-16-12)18-14-2-5-19(6-3-14)9-13-4-7-22(20,21)10-13/h8,11,13-14H,2-7,9-10H2,1H3,(H,16,17,18). The molecule has 1 aromatic heterocycles. The molecular weight excluding hydrogens is 300 g/mol. The van der Waals surface area contributed by atoms with Crippen LogP contribution in [-0.4, -0.2) is 60.5 Å². The van der Waals surface area contributed by atoms with E-state index in [0.717, 1.165) is 50.4 Å². The van der Waals surface area contributed by atoms with E-state index in [1.54, 1.807) is 6.33 Å². The van der Waals surface area contributed by atoms with Crippen molar-refractivity contribution in [2.45, 2.75) is 32.2 Å². The van der Waals surface area contributed by atoms with Gasteiger partial charge in [-0.15, -0.1) is 0 Å². The fourth-order valence-corrected chi connectivity index (χ4v) is 5.23. The van der Waals surface area contributed by atoms with E-state index in [9.17, 15) is 8.42 Å². The molecule has 2 aliphatic heterocycles. The lowest BCUT2D eigenvalue weighted by atomic mass is 10.0. The number of aryl methyl sites for hydroxylation is 1. The van der Waals surface area contributed by atoms with Gasteiger partial charge in [-0.3, -0.25) is 0 Å². The highest BCUT2D eigenvalue weighted by atomic mass is 32.2. The molecule has 1 aromatic rings. The molecule has 0 bridgehead atoms. The largest absolute Gasteiger partial charge is 0.367 e. The van der Waals surface area contributed by atoms with E-state index in [1.165, 1.54) is 0 Å². The number of hydrogen-bond donors (Lipinski definition) is 1. The fourth-order valence-electron chi connectivity index (χ4n) is 3.38. The van der Waals surface area contributed by atoms with E-state index in [4.69, 9.17) is 0 Å². The summed E-state index contributed by atoms with van der Waals surface area (Å²) in [7, 11) is -2.75. The van der Waals surface area contributed by atoms with Crippen LogP contribution in [0.4, 0.5) is 5.82 Å². The third kappa shape index (κ3) is 4.16. The lowest BCUT2D eigenvalue weighted by molar-refractivity contribution is 0.194. The molecule has 7 heteroatoms. The van der Waals surface area contributed by atoms with Gasteiger partial charge in [0, 0.05) is 37.4 Å². The van der Waals surface area contributed by atoms with E-state index in [1.807, 2.05) is 13.0 Å². The Morgan fingerprint density at radius 3 is 2.68 bits per heavy atom. The first-order valence-electron chi connectivity index (χ1n) is 7.98. The summed E-state index contributed by atoms with van der Waals surface area (Å²) in [5, 5.41) is 3.48. The van der Waals surface area contributed by atoms with Crippen molar-refractivity contribution in [1.29, 1.82) is 0 Å². The van der Waals surface area contributed by atoms with Crippen LogP contribution >= 0.6 is 0 Å². The first-order valence-corrected chi connectivity index (χ1v) is 9.80. The molecular formula is C15H24N4O2S. The summed E-state index contributed by atoms with van der Waals surface area (Å²) >= 11 is 0. The molecule has 122 valence electrons. The number of anilines is 1. The topological polar surface area (TPSA) is 75.2 Å². The van der Waals surface area contributed by atoms with Crippen LogP contribution in [-0.2, 0) is 9.84 Å². The number of likely N-dealkylation sites (tertiary alicyclic amines) is 1. The smallest absolute Gasteiger partial charge is 0.150 e. The molecule has 0 saturated carbocycles. The molecule has 2 fully saturated rings. The van der Waals surface area contributed by atoms with Crippen LogP contribution in [0.3, 0.4) is 0 Å². The van der Waals surface area contributed by atoms with E-state index in [0.29, 0.717) is 23.5 Å². The van der Waals surface area contributed by atoms with Gasteiger partial charge < -0.3 is 10.2 Å². The van der Waals surface area contributed by atoms with Crippen LogP contribution in [0.2, 0.25) is 0 Å². The molecule has 0 aromatic carbocycles. The van der Waals surface area contributed by atoms with Gasteiger partial charge >= 0.3 is 0 Å². The second-order valence-electron chi connectivity index (χ2n) is 6.53. The van der Waals surface area contributed by atoms with Crippen molar-refractivity contribution >= 4 is 15.7 Å². The minimum atomic E-state index is -2.75. The molecule has 0 radical (unpaired) electrons. The number of piperidine rings is 1. The number of nitrogens with zero attached hydrogens (tertiary/aromatic N) is 3. The normalized spacial score (nSPS) is 26.1. The molecule has 0 aliphatic carbocycles. The summed E-state index contributed by atoms with van der Waals surface area (Å²) in [6.45, 7) is 4.94. The third-order valence-electron chi connectivity index (χ3n) is 4.59. The second-order valence-corrected chi connectivity index (χ2v) is 8.76. The summed E-state index contributed by atoms with van der Waals surface area (Å²) in [6, 6.07) is 2.41. The molecule has 6 nitrogen and oxygen atoms in total. The highest BCUT2D eigenvalue weighted by molar-refractivity contribution is 7.91. The van der Waals surface area contributed by atoms with Crippen LogP contribution < -0.4 is 5.32 Å². The molecule has 1 N–H and O–H groups in total. The van der Waals surface area contributed by atoms with Gasteiger partial charge in [-0.1, -0.05) is 0 Å². The third-order valence-corrected chi connectivity index (χ3v) is 6.42. The van der Waals surface area contributed by atoms with Crippen LogP contribution in [0, 0.1) is 12.8 Å². The van der Waals surface area contributed by atoms with Gasteiger partial charge in [0.1, 0.15) is 12.1 Å². The van der Waals surface area contributed by atoms with Crippen molar-refractivity contribution in [1.82, 2.24) is 14.9 Å². The highest BCUT2D eigenvalue weighted by Crippen LogP contribution is 2.22. The SMILES string of the molecule is Cc1cc(NC2CCN(CC3CCS(=O)(=O)C3)CC2)ncn1. The van der Waals surface area contributed by atoms with Crippen molar-refractivity contribution in [3.8, 4) is 0 Å². The van der Waals surface area contributed by atoms with Crippen molar-refractivity contribution in [2.24, 2.45) is 5.92 Å². The first-order chi connectivity index (χ1) is 10.5. The molecule has 1 atom stereocenters. The molecule has 22 heavy (non-hydrogen) atoms. The Bertz CT molecular complexity index is 612. The van der Waals surface area contributed by atoms with Gasteiger partial charge in [0.25, 0.3) is 0 Å². The van der Waals surface area contributed by atoms with E-state index in [2.05, 4.69) is 20.2 Å². The zero-order valence-electron chi connectivity index (χ0n) is 13.0. The predicted octanol–water partition coefficient (Wildman–Crippen LogP) is 1.10. The molecule has 1 unspecified atom stereocenters. The van der Waals surface area contributed by atoms with E-state index >= 15 is 0 Å². The zero-order chi connectivity index (χ0) is 15.6. The quantitative estimate of drug-likeness (QED) is 0.894. The summed E-state index contributed by atoms with van der Waals surface area (Å²) in [6.07, 6.45) is 4.57. The monoisotopic (exact) mass is 324 g/mol.